The van der Waals surface area contributed by atoms with Crippen LogP contribution in [-0.4, -0.2) is 14.5 Å². The molecule has 0 saturated heterocycles. The van der Waals surface area contributed by atoms with Gasteiger partial charge in [0.1, 0.15) is 0 Å². The molecule has 0 unspecified atom stereocenters. The maximum absolute atomic E-state index is 4.84. The van der Waals surface area contributed by atoms with Gasteiger partial charge in [0.15, 0.2) is 0 Å². The predicted molar refractivity (Wildman–Crippen MR) is 194 cm³/mol. The third-order valence-corrected chi connectivity index (χ3v) is 9.69. The van der Waals surface area contributed by atoms with E-state index in [1.54, 1.807) is 6.20 Å². The number of benzene rings is 5. The standard InChI is InChI=1S/C43H32N4/c1-43(2)35-17-8-6-15-32(35)33-24-22-30(27-36(33)43)46(29-13-4-3-5-14-29)40-20-12-21-41-42(40)34-16-7-9-19-39(34)47(41)31-23-25-38(45-28-31)37-18-10-11-26-44-37/h3-28H,1-2H3. The Morgan fingerprint density at radius 3 is 2.13 bits per heavy atom. The number of para-hydroxylation sites is 2. The van der Waals surface area contributed by atoms with Crippen LogP contribution in [0.15, 0.2) is 158 Å². The summed E-state index contributed by atoms with van der Waals surface area (Å²) in [4.78, 5) is 11.8. The van der Waals surface area contributed by atoms with Gasteiger partial charge in [0.05, 0.1) is 40.0 Å². The molecule has 3 aromatic heterocycles. The van der Waals surface area contributed by atoms with Gasteiger partial charge in [-0.25, -0.2) is 0 Å². The summed E-state index contributed by atoms with van der Waals surface area (Å²) in [5, 5.41) is 2.39. The Morgan fingerprint density at radius 1 is 0.553 bits per heavy atom. The molecule has 0 radical (unpaired) electrons. The van der Waals surface area contributed by atoms with Crippen molar-refractivity contribution in [3.63, 3.8) is 0 Å². The van der Waals surface area contributed by atoms with Crippen LogP contribution in [0.2, 0.25) is 0 Å². The summed E-state index contributed by atoms with van der Waals surface area (Å²) in [5.41, 5.74) is 13.7. The summed E-state index contributed by atoms with van der Waals surface area (Å²) >= 11 is 0. The van der Waals surface area contributed by atoms with Crippen LogP contribution >= 0.6 is 0 Å². The molecule has 0 bridgehead atoms. The number of nitrogens with zero attached hydrogens (tertiary/aromatic N) is 4. The van der Waals surface area contributed by atoms with Crippen molar-refractivity contribution in [1.82, 2.24) is 14.5 Å². The first-order chi connectivity index (χ1) is 23.1. The quantitative estimate of drug-likeness (QED) is 0.196. The Kier molecular flexibility index (Phi) is 6.12. The zero-order chi connectivity index (χ0) is 31.5. The number of hydrogen-bond donors (Lipinski definition) is 0. The lowest BCUT2D eigenvalue weighted by molar-refractivity contribution is 0.660. The lowest BCUT2D eigenvalue weighted by atomic mass is 9.82. The van der Waals surface area contributed by atoms with Crippen LogP contribution in [-0.2, 0) is 5.41 Å². The van der Waals surface area contributed by atoms with Gasteiger partial charge in [-0.1, -0.05) is 92.7 Å². The van der Waals surface area contributed by atoms with E-state index in [-0.39, 0.29) is 5.41 Å². The Balaban J connectivity index is 1.26. The summed E-state index contributed by atoms with van der Waals surface area (Å²) in [6, 6.07) is 52.0. The molecular weight excluding hydrogens is 573 g/mol. The van der Waals surface area contributed by atoms with Crippen LogP contribution < -0.4 is 4.90 Å². The maximum atomic E-state index is 4.84. The minimum absolute atomic E-state index is 0.0965. The van der Waals surface area contributed by atoms with E-state index in [9.17, 15) is 0 Å². The van der Waals surface area contributed by atoms with Crippen molar-refractivity contribution in [3.05, 3.63) is 169 Å². The first kappa shape index (κ1) is 27.3. The number of aromatic nitrogens is 3. The molecule has 4 heteroatoms. The minimum Gasteiger partial charge on any atom is -0.310 e. The van der Waals surface area contributed by atoms with Crippen molar-refractivity contribution in [2.75, 3.05) is 4.90 Å². The Hall–Kier alpha value is -6.00. The monoisotopic (exact) mass is 604 g/mol. The summed E-state index contributed by atoms with van der Waals surface area (Å²) in [6.45, 7) is 4.69. The summed E-state index contributed by atoms with van der Waals surface area (Å²) in [6.07, 6.45) is 3.76. The van der Waals surface area contributed by atoms with Crippen LogP contribution in [0.1, 0.15) is 25.0 Å². The molecule has 224 valence electrons. The average molecular weight is 605 g/mol. The van der Waals surface area contributed by atoms with Gasteiger partial charge in [-0.05, 0) is 89.0 Å². The van der Waals surface area contributed by atoms with Crippen molar-refractivity contribution in [2.45, 2.75) is 19.3 Å². The van der Waals surface area contributed by atoms with Gasteiger partial charge in [0.2, 0.25) is 0 Å². The average Bonchev–Trinajstić information content (AvgIpc) is 3.58. The topological polar surface area (TPSA) is 34.0 Å². The fraction of sp³-hybridized carbons (Fsp3) is 0.0698. The highest BCUT2D eigenvalue weighted by Crippen LogP contribution is 2.51. The Labute approximate surface area is 274 Å². The molecule has 1 aliphatic rings. The molecule has 4 nitrogen and oxygen atoms in total. The first-order valence-corrected chi connectivity index (χ1v) is 16.1. The Bertz CT molecular complexity index is 2420. The van der Waals surface area contributed by atoms with E-state index in [2.05, 4.69) is 156 Å². The lowest BCUT2D eigenvalue weighted by Crippen LogP contribution is -2.16. The highest BCUT2D eigenvalue weighted by molar-refractivity contribution is 6.16. The van der Waals surface area contributed by atoms with E-state index in [0.717, 1.165) is 45.2 Å². The van der Waals surface area contributed by atoms with Crippen molar-refractivity contribution in [1.29, 1.82) is 0 Å². The molecule has 9 rings (SSSR count). The smallest absolute Gasteiger partial charge is 0.0887 e. The molecule has 0 N–H and O–H groups in total. The number of hydrogen-bond acceptors (Lipinski definition) is 3. The second-order valence-corrected chi connectivity index (χ2v) is 12.7. The van der Waals surface area contributed by atoms with Crippen LogP contribution in [0.5, 0.6) is 0 Å². The third-order valence-electron chi connectivity index (χ3n) is 9.69. The zero-order valence-corrected chi connectivity index (χ0v) is 26.3. The molecule has 0 spiro atoms. The second-order valence-electron chi connectivity index (χ2n) is 12.7. The minimum atomic E-state index is -0.0965. The van der Waals surface area contributed by atoms with E-state index in [0.29, 0.717) is 0 Å². The second kappa shape index (κ2) is 10.5. The third kappa shape index (κ3) is 4.22. The molecule has 0 saturated carbocycles. The van der Waals surface area contributed by atoms with Gasteiger partial charge in [0.25, 0.3) is 0 Å². The van der Waals surface area contributed by atoms with E-state index >= 15 is 0 Å². The zero-order valence-electron chi connectivity index (χ0n) is 26.3. The van der Waals surface area contributed by atoms with Gasteiger partial charge < -0.3 is 9.47 Å². The highest BCUT2D eigenvalue weighted by atomic mass is 15.1. The number of pyridine rings is 2. The molecule has 0 amide bonds. The molecule has 5 aromatic carbocycles. The normalized spacial score (nSPS) is 13.1. The van der Waals surface area contributed by atoms with Crippen LogP contribution in [0.25, 0.3) is 50.0 Å². The van der Waals surface area contributed by atoms with Crippen molar-refractivity contribution >= 4 is 38.9 Å². The fourth-order valence-electron chi connectivity index (χ4n) is 7.48. The van der Waals surface area contributed by atoms with Crippen molar-refractivity contribution in [3.8, 4) is 28.2 Å². The van der Waals surface area contributed by atoms with Gasteiger partial charge in [-0.15, -0.1) is 0 Å². The summed E-state index contributed by atoms with van der Waals surface area (Å²) in [7, 11) is 0. The molecule has 8 aromatic rings. The molecule has 1 aliphatic carbocycles. The van der Waals surface area contributed by atoms with Gasteiger partial charge in [0, 0.05) is 33.8 Å². The van der Waals surface area contributed by atoms with Crippen molar-refractivity contribution in [2.24, 2.45) is 0 Å². The Morgan fingerprint density at radius 2 is 1.30 bits per heavy atom. The van der Waals surface area contributed by atoms with Gasteiger partial charge in [-0.2, -0.15) is 0 Å². The first-order valence-electron chi connectivity index (χ1n) is 16.1. The van der Waals surface area contributed by atoms with E-state index in [4.69, 9.17) is 4.98 Å². The number of anilines is 3. The van der Waals surface area contributed by atoms with E-state index in [1.165, 1.54) is 33.0 Å². The molecule has 0 atom stereocenters. The van der Waals surface area contributed by atoms with Crippen LogP contribution in [0, 0.1) is 0 Å². The highest BCUT2D eigenvalue weighted by Gasteiger charge is 2.36. The maximum Gasteiger partial charge on any atom is 0.0887 e. The van der Waals surface area contributed by atoms with Crippen molar-refractivity contribution < 1.29 is 0 Å². The molecule has 0 aliphatic heterocycles. The molecule has 47 heavy (non-hydrogen) atoms. The molecular formula is C43H32N4. The SMILES string of the molecule is CC1(C)c2ccccc2-c2ccc(N(c3ccccc3)c3cccc4c3c3ccccc3n4-c3ccc(-c4ccccn4)nc3)cc21. The van der Waals surface area contributed by atoms with Gasteiger partial charge >= 0.3 is 0 Å². The number of fused-ring (bicyclic) bond motifs is 6. The van der Waals surface area contributed by atoms with E-state index < -0.39 is 0 Å². The molecule has 0 fully saturated rings. The summed E-state index contributed by atoms with van der Waals surface area (Å²) < 4.78 is 2.33. The van der Waals surface area contributed by atoms with Crippen LogP contribution in [0.4, 0.5) is 17.1 Å². The molecule has 3 heterocycles. The largest absolute Gasteiger partial charge is 0.310 e. The number of rotatable bonds is 5. The fourth-order valence-corrected chi connectivity index (χ4v) is 7.48. The van der Waals surface area contributed by atoms with Gasteiger partial charge in [-0.3, -0.25) is 9.97 Å². The lowest BCUT2D eigenvalue weighted by Gasteiger charge is -2.28. The summed E-state index contributed by atoms with van der Waals surface area (Å²) in [5.74, 6) is 0. The van der Waals surface area contributed by atoms with Crippen LogP contribution in [0.3, 0.4) is 0 Å². The predicted octanol–water partition coefficient (Wildman–Crippen LogP) is 11.0. The van der Waals surface area contributed by atoms with E-state index in [1.807, 2.05) is 24.4 Å².